The van der Waals surface area contributed by atoms with Gasteiger partial charge >= 0.3 is 6.09 Å². The summed E-state index contributed by atoms with van der Waals surface area (Å²) in [6.07, 6.45) is 7.72. The number of pyridine rings is 1. The number of aliphatic imine (C=N–C) groups is 1. The van der Waals surface area contributed by atoms with E-state index in [1.54, 1.807) is 18.3 Å². The molecule has 2 saturated carbocycles. The standard InChI is InChI=1S/C27H34ClN5O2/c1-18(21-9-10-30-24(28)14-21)13-22(15-29)25(31-16-19-5-6-19)32-11-12-33(23(17-32)20-7-8-20)26(34)35-27(2,3)4/h9-10,13-14,19-20,23H,1,5-8,11-12,16-17H2,2-4H3/b22-13-,31-25?. The quantitative estimate of drug-likeness (QED) is 0.175. The summed E-state index contributed by atoms with van der Waals surface area (Å²) in [6.45, 7) is 12.3. The zero-order chi connectivity index (χ0) is 25.2. The Kier molecular flexibility index (Phi) is 7.51. The molecule has 1 aliphatic heterocycles. The van der Waals surface area contributed by atoms with Crippen LogP contribution in [0.2, 0.25) is 5.15 Å². The molecule has 1 saturated heterocycles. The van der Waals surface area contributed by atoms with E-state index in [2.05, 4.69) is 22.5 Å². The number of halogens is 1. The molecule has 3 aliphatic rings. The average Bonchev–Trinajstić information content (AvgIpc) is 3.71. The Hall–Kier alpha value is -2.85. The van der Waals surface area contributed by atoms with Crippen molar-refractivity contribution < 1.29 is 9.53 Å². The minimum atomic E-state index is -0.536. The van der Waals surface area contributed by atoms with Crippen molar-refractivity contribution in [3.63, 3.8) is 0 Å². The maximum Gasteiger partial charge on any atom is 0.410 e. The molecule has 7 nitrogen and oxygen atoms in total. The summed E-state index contributed by atoms with van der Waals surface area (Å²) in [5, 5.41) is 10.5. The fourth-order valence-electron chi connectivity index (χ4n) is 4.31. The van der Waals surface area contributed by atoms with E-state index in [1.165, 1.54) is 12.8 Å². The zero-order valence-corrected chi connectivity index (χ0v) is 21.6. The van der Waals surface area contributed by atoms with E-state index in [0.29, 0.717) is 60.1 Å². The van der Waals surface area contributed by atoms with Crippen LogP contribution in [0.1, 0.15) is 52.0 Å². The highest BCUT2D eigenvalue weighted by Crippen LogP contribution is 2.38. The second-order valence-electron chi connectivity index (χ2n) is 10.7. The minimum absolute atomic E-state index is 0.0480. The molecule has 1 aromatic heterocycles. The molecule has 0 aromatic carbocycles. The maximum absolute atomic E-state index is 12.9. The fraction of sp³-hybridized carbons (Fsp3) is 0.556. The number of ether oxygens (including phenoxy) is 1. The van der Waals surface area contributed by atoms with Crippen LogP contribution in [0.15, 0.2) is 41.6 Å². The van der Waals surface area contributed by atoms with Gasteiger partial charge in [-0.2, -0.15) is 5.26 Å². The number of carbonyl (C=O) groups excluding carboxylic acids is 1. The number of amidine groups is 1. The monoisotopic (exact) mass is 495 g/mol. The lowest BCUT2D eigenvalue weighted by atomic mass is 10.0. The summed E-state index contributed by atoms with van der Waals surface area (Å²) in [5.41, 5.74) is 1.43. The van der Waals surface area contributed by atoms with Crippen LogP contribution in [-0.2, 0) is 4.74 Å². The van der Waals surface area contributed by atoms with Gasteiger partial charge in [-0.1, -0.05) is 18.2 Å². The third kappa shape index (κ3) is 6.85. The molecule has 2 aliphatic carbocycles. The van der Waals surface area contributed by atoms with Gasteiger partial charge in [0.1, 0.15) is 22.7 Å². The van der Waals surface area contributed by atoms with Crippen LogP contribution >= 0.6 is 11.6 Å². The van der Waals surface area contributed by atoms with Crippen molar-refractivity contribution >= 4 is 29.1 Å². The van der Waals surface area contributed by atoms with Crippen LogP contribution in [0.25, 0.3) is 5.57 Å². The third-order valence-electron chi connectivity index (χ3n) is 6.49. The molecule has 0 radical (unpaired) electrons. The van der Waals surface area contributed by atoms with Crippen LogP contribution in [0.5, 0.6) is 0 Å². The summed E-state index contributed by atoms with van der Waals surface area (Å²) in [7, 11) is 0. The normalized spacial score (nSPS) is 21.5. The predicted molar refractivity (Wildman–Crippen MR) is 138 cm³/mol. The van der Waals surface area contributed by atoms with Crippen molar-refractivity contribution in [1.82, 2.24) is 14.8 Å². The first-order valence-electron chi connectivity index (χ1n) is 12.4. The van der Waals surface area contributed by atoms with Crippen molar-refractivity contribution in [2.75, 3.05) is 26.2 Å². The summed E-state index contributed by atoms with van der Waals surface area (Å²) in [5.74, 6) is 1.74. The Bertz CT molecular complexity index is 1080. The van der Waals surface area contributed by atoms with Gasteiger partial charge < -0.3 is 14.5 Å². The van der Waals surface area contributed by atoms with E-state index >= 15 is 0 Å². The lowest BCUT2D eigenvalue weighted by Gasteiger charge is -2.43. The molecule has 1 aromatic rings. The Balaban J connectivity index is 1.58. The number of nitriles is 1. The molecule has 1 atom stereocenters. The summed E-state index contributed by atoms with van der Waals surface area (Å²) < 4.78 is 5.70. The average molecular weight is 496 g/mol. The molecule has 4 rings (SSSR count). The van der Waals surface area contributed by atoms with Gasteiger partial charge in [-0.15, -0.1) is 0 Å². The number of rotatable bonds is 6. The van der Waals surface area contributed by atoms with E-state index in [1.807, 2.05) is 31.7 Å². The van der Waals surface area contributed by atoms with Crippen molar-refractivity contribution in [3.05, 3.63) is 47.3 Å². The van der Waals surface area contributed by atoms with Crippen LogP contribution in [0.4, 0.5) is 4.79 Å². The van der Waals surface area contributed by atoms with Crippen molar-refractivity contribution in [3.8, 4) is 6.07 Å². The minimum Gasteiger partial charge on any atom is -0.444 e. The summed E-state index contributed by atoms with van der Waals surface area (Å²) >= 11 is 6.05. The van der Waals surface area contributed by atoms with Crippen molar-refractivity contribution in [1.29, 1.82) is 5.26 Å². The summed E-state index contributed by atoms with van der Waals surface area (Å²) in [6, 6.07) is 5.96. The van der Waals surface area contributed by atoms with Gasteiger partial charge in [0.05, 0.1) is 11.6 Å². The Morgan fingerprint density at radius 1 is 1.34 bits per heavy atom. The molecule has 8 heteroatoms. The Morgan fingerprint density at radius 2 is 2.09 bits per heavy atom. The molecular formula is C27H34ClN5O2. The first-order valence-corrected chi connectivity index (χ1v) is 12.7. The molecule has 3 fully saturated rings. The summed E-state index contributed by atoms with van der Waals surface area (Å²) in [4.78, 5) is 25.9. The van der Waals surface area contributed by atoms with Crippen molar-refractivity contribution in [2.45, 2.75) is 58.1 Å². The molecule has 1 unspecified atom stereocenters. The molecule has 35 heavy (non-hydrogen) atoms. The van der Waals surface area contributed by atoms with Gasteiger partial charge in [0.15, 0.2) is 0 Å². The van der Waals surface area contributed by atoms with Crippen molar-refractivity contribution in [2.24, 2.45) is 16.8 Å². The SMILES string of the molecule is C=C(/C=C(/C#N)C(=NCC1CC1)N1CCN(C(=O)OC(C)(C)C)C(C2CC2)C1)c1ccnc(Cl)c1. The van der Waals surface area contributed by atoms with Gasteiger partial charge in [-0.25, -0.2) is 9.78 Å². The van der Waals surface area contributed by atoms with Gasteiger partial charge in [0, 0.05) is 32.4 Å². The number of nitrogens with zero attached hydrogens (tertiary/aromatic N) is 5. The van der Waals surface area contributed by atoms with E-state index in [4.69, 9.17) is 21.3 Å². The molecule has 186 valence electrons. The van der Waals surface area contributed by atoms with Gasteiger partial charge in [0.2, 0.25) is 0 Å². The molecular weight excluding hydrogens is 462 g/mol. The number of aromatic nitrogens is 1. The Labute approximate surface area is 213 Å². The number of amides is 1. The number of hydrogen-bond donors (Lipinski definition) is 0. The zero-order valence-electron chi connectivity index (χ0n) is 20.8. The highest BCUT2D eigenvalue weighted by molar-refractivity contribution is 6.29. The first kappa shape index (κ1) is 25.2. The van der Waals surface area contributed by atoms with E-state index in [9.17, 15) is 10.1 Å². The van der Waals surface area contributed by atoms with E-state index in [0.717, 1.165) is 18.4 Å². The largest absolute Gasteiger partial charge is 0.444 e. The molecule has 0 spiro atoms. The van der Waals surface area contributed by atoms with E-state index in [-0.39, 0.29) is 12.1 Å². The predicted octanol–water partition coefficient (Wildman–Crippen LogP) is 5.34. The van der Waals surface area contributed by atoms with Gasteiger partial charge in [-0.3, -0.25) is 4.99 Å². The third-order valence-corrected chi connectivity index (χ3v) is 6.69. The number of allylic oxidation sites excluding steroid dienone is 2. The fourth-order valence-corrected chi connectivity index (χ4v) is 4.49. The molecule has 2 heterocycles. The van der Waals surface area contributed by atoms with Gasteiger partial charge in [-0.05, 0) is 87.6 Å². The highest BCUT2D eigenvalue weighted by Gasteiger charge is 2.43. The molecule has 0 bridgehead atoms. The second kappa shape index (κ2) is 10.4. The van der Waals surface area contributed by atoms with Gasteiger partial charge in [0.25, 0.3) is 0 Å². The maximum atomic E-state index is 12.9. The van der Waals surface area contributed by atoms with Crippen LogP contribution in [-0.4, -0.2) is 64.5 Å². The van der Waals surface area contributed by atoms with Crippen LogP contribution in [0, 0.1) is 23.2 Å². The Morgan fingerprint density at radius 3 is 2.69 bits per heavy atom. The highest BCUT2D eigenvalue weighted by atomic mass is 35.5. The lowest BCUT2D eigenvalue weighted by molar-refractivity contribution is 0.00206. The second-order valence-corrected chi connectivity index (χ2v) is 11.1. The molecule has 1 amide bonds. The number of piperazine rings is 1. The topological polar surface area (TPSA) is 81.8 Å². The first-order chi connectivity index (χ1) is 16.6. The number of carbonyl (C=O) groups is 1. The van der Waals surface area contributed by atoms with Crippen LogP contribution < -0.4 is 0 Å². The lowest BCUT2D eigenvalue weighted by Crippen LogP contribution is -2.58. The number of hydrogen-bond acceptors (Lipinski definition) is 5. The smallest absolute Gasteiger partial charge is 0.410 e. The van der Waals surface area contributed by atoms with E-state index < -0.39 is 5.60 Å². The molecule has 0 N–H and O–H groups in total. The van der Waals surface area contributed by atoms with Crippen LogP contribution in [0.3, 0.4) is 0 Å².